The van der Waals surface area contributed by atoms with Gasteiger partial charge in [0.05, 0.1) is 22.5 Å². The quantitative estimate of drug-likeness (QED) is 0.750. The van der Waals surface area contributed by atoms with Crippen molar-refractivity contribution >= 4 is 45.8 Å². The molecule has 0 fully saturated rings. The average molecular weight is 364 g/mol. The summed E-state index contributed by atoms with van der Waals surface area (Å²) in [6.45, 7) is 0. The molecule has 1 N–H and O–H groups in total. The van der Waals surface area contributed by atoms with Crippen LogP contribution in [0, 0.1) is 0 Å². The van der Waals surface area contributed by atoms with Gasteiger partial charge in [-0.3, -0.25) is 9.59 Å². The van der Waals surface area contributed by atoms with Gasteiger partial charge in [0.15, 0.2) is 11.2 Å². The number of amides is 1. The molecule has 24 heavy (non-hydrogen) atoms. The van der Waals surface area contributed by atoms with Crippen LogP contribution in [0.15, 0.2) is 51.7 Å². The zero-order valence-electron chi connectivity index (χ0n) is 12.4. The van der Waals surface area contributed by atoms with Crippen molar-refractivity contribution < 1.29 is 13.9 Å². The Balaban J connectivity index is 1.97. The Morgan fingerprint density at radius 1 is 1.08 bits per heavy atom. The van der Waals surface area contributed by atoms with Gasteiger partial charge in [-0.15, -0.1) is 0 Å². The van der Waals surface area contributed by atoms with Crippen molar-refractivity contribution in [1.82, 2.24) is 0 Å². The summed E-state index contributed by atoms with van der Waals surface area (Å²) in [7, 11) is 1.50. The normalized spacial score (nSPS) is 10.6. The number of hydrogen-bond donors (Lipinski definition) is 1. The van der Waals surface area contributed by atoms with Crippen LogP contribution in [-0.2, 0) is 0 Å². The van der Waals surface area contributed by atoms with E-state index in [9.17, 15) is 9.59 Å². The van der Waals surface area contributed by atoms with Gasteiger partial charge < -0.3 is 14.5 Å². The van der Waals surface area contributed by atoms with Crippen LogP contribution in [-0.4, -0.2) is 13.0 Å². The number of ether oxygens (including phenoxy) is 1. The molecule has 1 heterocycles. The maximum absolute atomic E-state index is 12.3. The standard InChI is InChI=1S/C17H11Cl2NO4/c1-23-10-3-4-11-14(21)8-16(24-15(11)7-10)17(22)20-9-2-5-12(18)13(19)6-9/h2-8H,1H3,(H,20,22). The fraction of sp³-hybridized carbons (Fsp3) is 0.0588. The second-order valence-corrected chi connectivity index (χ2v) is 5.73. The van der Waals surface area contributed by atoms with Crippen LogP contribution in [0.2, 0.25) is 10.0 Å². The minimum atomic E-state index is -0.574. The van der Waals surface area contributed by atoms with Crippen LogP contribution in [0.1, 0.15) is 10.6 Å². The van der Waals surface area contributed by atoms with Crippen molar-refractivity contribution in [1.29, 1.82) is 0 Å². The molecule has 122 valence electrons. The van der Waals surface area contributed by atoms with Gasteiger partial charge in [-0.25, -0.2) is 0 Å². The summed E-state index contributed by atoms with van der Waals surface area (Å²) in [5, 5.41) is 3.64. The minimum absolute atomic E-state index is 0.119. The topological polar surface area (TPSA) is 68.5 Å². The summed E-state index contributed by atoms with van der Waals surface area (Å²) in [6.07, 6.45) is 0. The first-order valence-electron chi connectivity index (χ1n) is 6.86. The number of carbonyl (C=O) groups excluding carboxylic acids is 1. The molecule has 0 spiro atoms. The maximum Gasteiger partial charge on any atom is 0.291 e. The van der Waals surface area contributed by atoms with E-state index in [1.165, 1.54) is 13.2 Å². The third-order valence-corrected chi connectivity index (χ3v) is 4.08. The third-order valence-electron chi connectivity index (χ3n) is 3.34. The Hall–Kier alpha value is -2.50. The van der Waals surface area contributed by atoms with Gasteiger partial charge in [0.25, 0.3) is 5.91 Å². The molecule has 0 saturated heterocycles. The predicted octanol–water partition coefficient (Wildman–Crippen LogP) is 4.36. The van der Waals surface area contributed by atoms with Gasteiger partial charge in [-0.05, 0) is 30.3 Å². The Morgan fingerprint density at radius 2 is 1.88 bits per heavy atom. The lowest BCUT2D eigenvalue weighted by atomic mass is 10.2. The SMILES string of the molecule is COc1ccc2c(=O)cc(C(=O)Nc3ccc(Cl)c(Cl)c3)oc2c1. The van der Waals surface area contributed by atoms with Crippen molar-refractivity contribution in [2.45, 2.75) is 0 Å². The highest BCUT2D eigenvalue weighted by Crippen LogP contribution is 2.25. The van der Waals surface area contributed by atoms with Gasteiger partial charge in [0.2, 0.25) is 0 Å². The molecule has 0 aliphatic rings. The highest BCUT2D eigenvalue weighted by atomic mass is 35.5. The Morgan fingerprint density at radius 3 is 2.58 bits per heavy atom. The molecule has 0 aliphatic carbocycles. The fourth-order valence-corrected chi connectivity index (χ4v) is 2.44. The van der Waals surface area contributed by atoms with Gasteiger partial charge in [-0.1, -0.05) is 23.2 Å². The molecule has 3 aromatic rings. The Bertz CT molecular complexity index is 998. The molecule has 0 saturated carbocycles. The Kier molecular flexibility index (Phi) is 4.46. The predicted molar refractivity (Wildman–Crippen MR) is 93.5 cm³/mol. The second-order valence-electron chi connectivity index (χ2n) is 4.92. The summed E-state index contributed by atoms with van der Waals surface area (Å²) in [5.41, 5.74) is 0.377. The zero-order valence-corrected chi connectivity index (χ0v) is 13.9. The summed E-state index contributed by atoms with van der Waals surface area (Å²) >= 11 is 11.7. The molecule has 1 aromatic heterocycles. The summed E-state index contributed by atoms with van der Waals surface area (Å²) in [5.74, 6) is -0.172. The number of anilines is 1. The number of carbonyl (C=O) groups is 1. The first kappa shape index (κ1) is 16.4. The molecular formula is C17H11Cl2NO4. The second kappa shape index (κ2) is 6.55. The monoisotopic (exact) mass is 363 g/mol. The van der Waals surface area contributed by atoms with E-state index in [0.717, 1.165) is 6.07 Å². The first-order valence-corrected chi connectivity index (χ1v) is 7.62. The van der Waals surface area contributed by atoms with Crippen LogP contribution in [0.4, 0.5) is 5.69 Å². The molecular weight excluding hydrogens is 353 g/mol. The van der Waals surface area contributed by atoms with Gasteiger partial charge >= 0.3 is 0 Å². The smallest absolute Gasteiger partial charge is 0.291 e. The number of hydrogen-bond acceptors (Lipinski definition) is 4. The molecule has 0 radical (unpaired) electrons. The molecule has 0 unspecified atom stereocenters. The van der Waals surface area contributed by atoms with Gasteiger partial charge in [0.1, 0.15) is 11.3 Å². The van der Waals surface area contributed by atoms with Crippen LogP contribution in [0.3, 0.4) is 0 Å². The van der Waals surface area contributed by atoms with Crippen molar-refractivity contribution in [2.75, 3.05) is 12.4 Å². The molecule has 3 rings (SSSR count). The lowest BCUT2D eigenvalue weighted by molar-refractivity contribution is 0.0997. The lowest BCUT2D eigenvalue weighted by Gasteiger charge is -2.07. The molecule has 7 heteroatoms. The highest BCUT2D eigenvalue weighted by Gasteiger charge is 2.14. The van der Waals surface area contributed by atoms with Crippen LogP contribution in [0.25, 0.3) is 11.0 Å². The van der Waals surface area contributed by atoms with Crippen molar-refractivity contribution in [3.05, 3.63) is 68.5 Å². The molecule has 0 atom stereocenters. The zero-order chi connectivity index (χ0) is 17.3. The summed E-state index contributed by atoms with van der Waals surface area (Å²) < 4.78 is 10.6. The number of methoxy groups -OCH3 is 1. The van der Waals surface area contributed by atoms with E-state index in [1.54, 1.807) is 30.3 Å². The average Bonchev–Trinajstić information content (AvgIpc) is 2.57. The van der Waals surface area contributed by atoms with E-state index in [-0.39, 0.29) is 16.8 Å². The number of halogens is 2. The van der Waals surface area contributed by atoms with E-state index in [2.05, 4.69) is 5.32 Å². The number of nitrogens with one attached hydrogen (secondary N) is 1. The van der Waals surface area contributed by atoms with Gasteiger partial charge in [0, 0.05) is 17.8 Å². The molecule has 0 bridgehead atoms. The van der Waals surface area contributed by atoms with E-state index in [4.69, 9.17) is 32.4 Å². The molecule has 1 amide bonds. The van der Waals surface area contributed by atoms with E-state index in [1.807, 2.05) is 0 Å². The Labute approximate surface area is 146 Å². The highest BCUT2D eigenvalue weighted by molar-refractivity contribution is 6.42. The number of fused-ring (bicyclic) bond motifs is 1. The fourth-order valence-electron chi connectivity index (χ4n) is 2.14. The maximum atomic E-state index is 12.3. The molecule has 5 nitrogen and oxygen atoms in total. The van der Waals surface area contributed by atoms with Crippen LogP contribution in [0.5, 0.6) is 5.75 Å². The van der Waals surface area contributed by atoms with Gasteiger partial charge in [-0.2, -0.15) is 0 Å². The van der Waals surface area contributed by atoms with E-state index < -0.39 is 5.91 Å². The van der Waals surface area contributed by atoms with Crippen molar-refractivity contribution in [3.63, 3.8) is 0 Å². The summed E-state index contributed by atoms with van der Waals surface area (Å²) in [4.78, 5) is 24.4. The molecule has 2 aromatic carbocycles. The van der Waals surface area contributed by atoms with E-state index >= 15 is 0 Å². The van der Waals surface area contributed by atoms with E-state index in [0.29, 0.717) is 26.9 Å². The largest absolute Gasteiger partial charge is 0.497 e. The number of rotatable bonds is 3. The lowest BCUT2D eigenvalue weighted by Crippen LogP contribution is -2.15. The first-order chi connectivity index (χ1) is 11.5. The third kappa shape index (κ3) is 3.22. The molecule has 0 aliphatic heterocycles. The minimum Gasteiger partial charge on any atom is -0.497 e. The van der Waals surface area contributed by atoms with Crippen LogP contribution >= 0.6 is 23.2 Å². The summed E-state index contributed by atoms with van der Waals surface area (Å²) in [6, 6.07) is 10.6. The number of benzene rings is 2. The van der Waals surface area contributed by atoms with Crippen LogP contribution < -0.4 is 15.5 Å². The van der Waals surface area contributed by atoms with Crippen molar-refractivity contribution in [3.8, 4) is 5.75 Å². The van der Waals surface area contributed by atoms with Crippen molar-refractivity contribution in [2.24, 2.45) is 0 Å².